The summed E-state index contributed by atoms with van der Waals surface area (Å²) >= 11 is 0. The minimum Gasteiger partial charge on any atom is -0.486 e. The van der Waals surface area contributed by atoms with Crippen LogP contribution in [0, 0.1) is 11.8 Å². The molecule has 1 saturated heterocycles. The van der Waals surface area contributed by atoms with Crippen molar-refractivity contribution in [2.24, 2.45) is 11.8 Å². The predicted molar refractivity (Wildman–Crippen MR) is 75.1 cm³/mol. The number of hydrogen-bond acceptors (Lipinski definition) is 4. The van der Waals surface area contributed by atoms with Crippen molar-refractivity contribution in [1.29, 1.82) is 0 Å². The first-order valence-corrected chi connectivity index (χ1v) is 7.31. The smallest absolute Gasteiger partial charge is 0.161 e. The molecule has 1 fully saturated rings. The molecule has 1 N–H and O–H groups in total. The van der Waals surface area contributed by atoms with Gasteiger partial charge in [-0.25, -0.2) is 0 Å². The van der Waals surface area contributed by atoms with Crippen LogP contribution in [-0.2, 0) is 4.74 Å². The lowest BCUT2D eigenvalue weighted by Crippen LogP contribution is -2.25. The number of aliphatic hydroxyl groups excluding tert-OH is 1. The molecule has 3 rings (SSSR count). The molecular formula is C16H22O4. The van der Waals surface area contributed by atoms with Gasteiger partial charge in [0.15, 0.2) is 11.5 Å². The van der Waals surface area contributed by atoms with Crippen LogP contribution in [0.15, 0.2) is 18.2 Å². The Hall–Kier alpha value is -1.26. The van der Waals surface area contributed by atoms with Gasteiger partial charge in [0, 0.05) is 5.92 Å². The Morgan fingerprint density at radius 1 is 1.05 bits per heavy atom. The van der Waals surface area contributed by atoms with Crippen LogP contribution in [0.1, 0.15) is 32.4 Å². The fourth-order valence-corrected chi connectivity index (χ4v) is 3.30. The van der Waals surface area contributed by atoms with E-state index in [9.17, 15) is 5.11 Å². The Morgan fingerprint density at radius 2 is 1.75 bits per heavy atom. The van der Waals surface area contributed by atoms with E-state index in [2.05, 4.69) is 13.8 Å². The van der Waals surface area contributed by atoms with Crippen LogP contribution in [0.2, 0.25) is 0 Å². The summed E-state index contributed by atoms with van der Waals surface area (Å²) in [5, 5.41) is 10.7. The van der Waals surface area contributed by atoms with Gasteiger partial charge in [-0.05, 0) is 37.5 Å². The number of benzene rings is 1. The molecule has 2 aliphatic rings. The summed E-state index contributed by atoms with van der Waals surface area (Å²) in [7, 11) is 0. The average molecular weight is 278 g/mol. The summed E-state index contributed by atoms with van der Waals surface area (Å²) in [5.41, 5.74) is 0.871. The van der Waals surface area contributed by atoms with Crippen molar-refractivity contribution in [2.45, 2.75) is 39.1 Å². The molecule has 0 spiro atoms. The van der Waals surface area contributed by atoms with E-state index < -0.39 is 6.10 Å². The molecule has 20 heavy (non-hydrogen) atoms. The lowest BCUT2D eigenvalue weighted by Gasteiger charge is -2.26. The minimum absolute atomic E-state index is 0.0585. The Balaban J connectivity index is 1.85. The van der Waals surface area contributed by atoms with E-state index in [1.54, 1.807) is 0 Å². The van der Waals surface area contributed by atoms with Crippen LogP contribution in [0.4, 0.5) is 0 Å². The monoisotopic (exact) mass is 278 g/mol. The summed E-state index contributed by atoms with van der Waals surface area (Å²) in [5.74, 6) is 1.91. The molecule has 0 saturated carbocycles. The quantitative estimate of drug-likeness (QED) is 0.903. The van der Waals surface area contributed by atoms with Crippen LogP contribution in [-0.4, -0.2) is 30.5 Å². The molecular weight excluding hydrogens is 256 g/mol. The molecule has 110 valence electrons. The van der Waals surface area contributed by atoms with E-state index in [4.69, 9.17) is 14.2 Å². The first-order chi connectivity index (χ1) is 9.58. The van der Waals surface area contributed by atoms with Gasteiger partial charge in [0.05, 0.1) is 18.3 Å². The Kier molecular flexibility index (Phi) is 3.61. The molecule has 0 bridgehead atoms. The highest BCUT2D eigenvalue weighted by atomic mass is 16.6. The van der Waals surface area contributed by atoms with Gasteiger partial charge in [0.2, 0.25) is 0 Å². The van der Waals surface area contributed by atoms with E-state index in [0.717, 1.165) is 17.1 Å². The first kappa shape index (κ1) is 13.7. The SMILES string of the molecule is CC1OC(C)C(C(O)c2ccc3c(c2)OCCO3)C1C. The summed E-state index contributed by atoms with van der Waals surface area (Å²) in [6, 6.07) is 5.68. The molecule has 2 heterocycles. The van der Waals surface area contributed by atoms with Crippen molar-refractivity contribution in [3.05, 3.63) is 23.8 Å². The van der Waals surface area contributed by atoms with Gasteiger partial charge in [-0.3, -0.25) is 0 Å². The number of aliphatic hydroxyl groups is 1. The average Bonchev–Trinajstić information content (AvgIpc) is 2.71. The van der Waals surface area contributed by atoms with Gasteiger partial charge >= 0.3 is 0 Å². The molecule has 0 aliphatic carbocycles. The van der Waals surface area contributed by atoms with Crippen LogP contribution in [0.25, 0.3) is 0 Å². The molecule has 4 nitrogen and oxygen atoms in total. The van der Waals surface area contributed by atoms with Crippen molar-refractivity contribution >= 4 is 0 Å². The van der Waals surface area contributed by atoms with Crippen LogP contribution in [0.3, 0.4) is 0 Å². The maximum Gasteiger partial charge on any atom is 0.161 e. The highest BCUT2D eigenvalue weighted by Gasteiger charge is 2.41. The second-order valence-corrected chi connectivity index (χ2v) is 5.83. The maximum absolute atomic E-state index is 10.7. The Bertz CT molecular complexity index is 487. The third-order valence-corrected chi connectivity index (χ3v) is 4.59. The number of rotatable bonds is 2. The summed E-state index contributed by atoms with van der Waals surface area (Å²) in [6.45, 7) is 7.38. The topological polar surface area (TPSA) is 47.9 Å². The molecule has 4 heteroatoms. The molecule has 0 aromatic heterocycles. The first-order valence-electron chi connectivity index (χ1n) is 7.31. The summed E-state index contributed by atoms with van der Waals surface area (Å²) in [6.07, 6.45) is -0.300. The van der Waals surface area contributed by atoms with Gasteiger partial charge in [0.1, 0.15) is 13.2 Å². The standard InChI is InChI=1S/C16H22O4/c1-9-10(2)20-11(3)15(9)16(17)12-4-5-13-14(8-12)19-7-6-18-13/h4-5,8-11,15-17H,6-7H2,1-3H3. The van der Waals surface area contributed by atoms with Crippen LogP contribution in [0.5, 0.6) is 11.5 Å². The zero-order valence-electron chi connectivity index (χ0n) is 12.2. The Labute approximate surface area is 119 Å². The zero-order valence-corrected chi connectivity index (χ0v) is 12.2. The highest BCUT2D eigenvalue weighted by Crippen LogP contribution is 2.42. The highest BCUT2D eigenvalue weighted by molar-refractivity contribution is 5.44. The molecule has 1 aromatic rings. The minimum atomic E-state index is -0.541. The van der Waals surface area contributed by atoms with Crippen LogP contribution >= 0.6 is 0 Å². The van der Waals surface area contributed by atoms with Gasteiger partial charge in [-0.2, -0.15) is 0 Å². The van der Waals surface area contributed by atoms with E-state index in [1.807, 2.05) is 25.1 Å². The lowest BCUT2D eigenvalue weighted by molar-refractivity contribution is 0.0229. The van der Waals surface area contributed by atoms with Crippen LogP contribution < -0.4 is 9.47 Å². The third kappa shape index (κ3) is 2.27. The predicted octanol–water partition coefficient (Wildman–Crippen LogP) is 2.55. The van der Waals surface area contributed by atoms with Crippen molar-refractivity contribution in [2.75, 3.05) is 13.2 Å². The van der Waals surface area contributed by atoms with Crippen molar-refractivity contribution in [3.8, 4) is 11.5 Å². The summed E-state index contributed by atoms with van der Waals surface area (Å²) in [4.78, 5) is 0. The van der Waals surface area contributed by atoms with E-state index >= 15 is 0 Å². The third-order valence-electron chi connectivity index (χ3n) is 4.59. The van der Waals surface area contributed by atoms with Gasteiger partial charge < -0.3 is 19.3 Å². The molecule has 2 aliphatic heterocycles. The number of hydrogen-bond donors (Lipinski definition) is 1. The van der Waals surface area contributed by atoms with E-state index in [0.29, 0.717) is 19.1 Å². The van der Waals surface area contributed by atoms with E-state index in [-0.39, 0.29) is 18.1 Å². The second-order valence-electron chi connectivity index (χ2n) is 5.83. The van der Waals surface area contributed by atoms with Gasteiger partial charge in [-0.15, -0.1) is 0 Å². The van der Waals surface area contributed by atoms with Gasteiger partial charge in [-0.1, -0.05) is 13.0 Å². The van der Waals surface area contributed by atoms with E-state index in [1.165, 1.54) is 0 Å². The fraction of sp³-hybridized carbons (Fsp3) is 0.625. The van der Waals surface area contributed by atoms with Gasteiger partial charge in [0.25, 0.3) is 0 Å². The van der Waals surface area contributed by atoms with Crippen molar-refractivity contribution < 1.29 is 19.3 Å². The number of fused-ring (bicyclic) bond motifs is 1. The molecule has 5 atom stereocenters. The molecule has 1 aromatic carbocycles. The van der Waals surface area contributed by atoms with Crippen molar-refractivity contribution in [1.82, 2.24) is 0 Å². The normalized spacial score (nSPS) is 34.0. The zero-order chi connectivity index (χ0) is 14.3. The second kappa shape index (κ2) is 5.26. The fourth-order valence-electron chi connectivity index (χ4n) is 3.30. The lowest BCUT2D eigenvalue weighted by atomic mass is 9.82. The molecule has 0 radical (unpaired) electrons. The number of ether oxygens (including phenoxy) is 3. The molecule has 0 amide bonds. The summed E-state index contributed by atoms with van der Waals surface area (Å²) < 4.78 is 16.9. The Morgan fingerprint density at radius 3 is 2.40 bits per heavy atom. The largest absolute Gasteiger partial charge is 0.486 e. The van der Waals surface area contributed by atoms with Crippen molar-refractivity contribution in [3.63, 3.8) is 0 Å². The molecule has 5 unspecified atom stereocenters. The maximum atomic E-state index is 10.7.